The van der Waals surface area contributed by atoms with Gasteiger partial charge in [0.15, 0.2) is 5.82 Å². The van der Waals surface area contributed by atoms with Crippen molar-refractivity contribution in [3.8, 4) is 0 Å². The number of benzene rings is 1. The van der Waals surface area contributed by atoms with Gasteiger partial charge < -0.3 is 21.8 Å². The van der Waals surface area contributed by atoms with Crippen molar-refractivity contribution in [2.75, 3.05) is 22.9 Å². The van der Waals surface area contributed by atoms with E-state index in [1.165, 1.54) is 6.21 Å². The number of nitrogens with zero attached hydrogens (tertiary/aromatic N) is 2. The normalized spacial score (nSPS) is 16.1. The zero-order chi connectivity index (χ0) is 22.1. The van der Waals surface area contributed by atoms with Crippen LogP contribution in [0.3, 0.4) is 0 Å². The zero-order valence-corrected chi connectivity index (χ0v) is 17.4. The van der Waals surface area contributed by atoms with E-state index in [-0.39, 0.29) is 11.8 Å². The molecule has 0 saturated carbocycles. The van der Waals surface area contributed by atoms with Gasteiger partial charge in [-0.05, 0) is 43.5 Å². The lowest BCUT2D eigenvalue weighted by atomic mass is 9.96. The minimum absolute atomic E-state index is 0.173. The van der Waals surface area contributed by atoms with Gasteiger partial charge >= 0.3 is 0 Å². The van der Waals surface area contributed by atoms with Gasteiger partial charge in [0.1, 0.15) is 5.82 Å². The van der Waals surface area contributed by atoms with Crippen molar-refractivity contribution in [1.82, 2.24) is 9.97 Å². The molecule has 158 valence electrons. The van der Waals surface area contributed by atoms with E-state index in [4.69, 9.17) is 11.1 Å². The van der Waals surface area contributed by atoms with Crippen LogP contribution in [-0.2, 0) is 4.79 Å². The summed E-state index contributed by atoms with van der Waals surface area (Å²) in [4.78, 5) is 21.2. The van der Waals surface area contributed by atoms with E-state index in [9.17, 15) is 4.79 Å². The molecule has 1 aliphatic carbocycles. The Morgan fingerprint density at radius 3 is 2.87 bits per heavy atom. The number of rotatable bonds is 8. The lowest BCUT2D eigenvalue weighted by Gasteiger charge is -2.17. The van der Waals surface area contributed by atoms with Crippen molar-refractivity contribution in [1.29, 1.82) is 5.41 Å². The molecule has 3 rings (SSSR count). The molecule has 0 aliphatic heterocycles. The summed E-state index contributed by atoms with van der Waals surface area (Å²) < 4.78 is 0. The number of allylic oxidation sites excluding steroid dienone is 5. The van der Waals surface area contributed by atoms with Crippen LogP contribution >= 0.6 is 0 Å². The maximum absolute atomic E-state index is 12.5. The van der Waals surface area contributed by atoms with Gasteiger partial charge in [0.05, 0.1) is 11.4 Å². The van der Waals surface area contributed by atoms with Crippen molar-refractivity contribution in [2.45, 2.75) is 13.3 Å². The van der Waals surface area contributed by atoms with E-state index < -0.39 is 0 Å². The molecule has 1 aliphatic rings. The number of para-hydroxylation sites is 2. The topological polar surface area (TPSA) is 117 Å². The Morgan fingerprint density at radius 2 is 2.16 bits per heavy atom. The van der Waals surface area contributed by atoms with Gasteiger partial charge in [0.25, 0.3) is 5.91 Å². The molecule has 1 aromatic carbocycles. The average Bonchev–Trinajstić information content (AvgIpc) is 2.80. The molecule has 7 heteroatoms. The van der Waals surface area contributed by atoms with Gasteiger partial charge in [0.2, 0.25) is 0 Å². The van der Waals surface area contributed by atoms with Gasteiger partial charge in [-0.1, -0.05) is 42.5 Å². The van der Waals surface area contributed by atoms with Crippen molar-refractivity contribution < 1.29 is 4.79 Å². The number of nitrogen functional groups attached to an aromatic ring is 1. The fourth-order valence-corrected chi connectivity index (χ4v) is 3.01. The molecule has 0 saturated heterocycles. The predicted molar refractivity (Wildman–Crippen MR) is 127 cm³/mol. The highest BCUT2D eigenvalue weighted by molar-refractivity contribution is 6.07. The Hall–Kier alpha value is -4.00. The first-order valence-electron chi connectivity index (χ1n) is 10.1. The summed E-state index contributed by atoms with van der Waals surface area (Å²) in [6.45, 7) is 2.58. The minimum Gasteiger partial charge on any atom is -0.397 e. The highest BCUT2D eigenvalue weighted by Crippen LogP contribution is 2.21. The quantitative estimate of drug-likeness (QED) is 0.293. The van der Waals surface area contributed by atoms with Crippen LogP contribution < -0.4 is 16.4 Å². The van der Waals surface area contributed by atoms with Gasteiger partial charge in [-0.3, -0.25) is 4.79 Å². The summed E-state index contributed by atoms with van der Waals surface area (Å²) in [5, 5.41) is 13.7. The fourth-order valence-electron chi connectivity index (χ4n) is 3.01. The van der Waals surface area contributed by atoms with Crippen molar-refractivity contribution in [3.05, 3.63) is 84.4 Å². The highest BCUT2D eigenvalue weighted by Gasteiger charge is 2.15. The average molecular weight is 415 g/mol. The lowest BCUT2D eigenvalue weighted by Crippen LogP contribution is -2.19. The van der Waals surface area contributed by atoms with Crippen molar-refractivity contribution >= 4 is 34.9 Å². The number of carbonyl (C=O) groups is 1. The second-order valence-electron chi connectivity index (χ2n) is 6.99. The molecule has 1 atom stereocenters. The van der Waals surface area contributed by atoms with E-state index in [1.807, 2.05) is 49.4 Å². The maximum atomic E-state index is 12.5. The Bertz CT molecular complexity index is 1070. The van der Waals surface area contributed by atoms with Crippen molar-refractivity contribution in [3.63, 3.8) is 0 Å². The Morgan fingerprint density at radius 1 is 1.32 bits per heavy atom. The smallest absolute Gasteiger partial charge is 0.255 e. The molecule has 0 spiro atoms. The van der Waals surface area contributed by atoms with Crippen LogP contribution in [0.5, 0.6) is 0 Å². The first kappa shape index (κ1) is 21.7. The second kappa shape index (κ2) is 10.7. The summed E-state index contributed by atoms with van der Waals surface area (Å²) in [6, 6.07) is 8.99. The van der Waals surface area contributed by atoms with Crippen LogP contribution in [0.15, 0.2) is 78.6 Å². The van der Waals surface area contributed by atoms with Gasteiger partial charge in [0, 0.05) is 30.1 Å². The lowest BCUT2D eigenvalue weighted by molar-refractivity contribution is -0.112. The fraction of sp³-hybridized carbons (Fsp3) is 0.167. The number of hydrogen-bond donors (Lipinski definition) is 4. The van der Waals surface area contributed by atoms with E-state index >= 15 is 0 Å². The third-order valence-electron chi connectivity index (χ3n) is 4.74. The van der Waals surface area contributed by atoms with Crippen LogP contribution in [0.4, 0.5) is 17.2 Å². The number of hydrogen-bond acceptors (Lipinski definition) is 6. The number of aromatic nitrogens is 2. The largest absolute Gasteiger partial charge is 0.397 e. The molecule has 1 heterocycles. The van der Waals surface area contributed by atoms with E-state index in [2.05, 4.69) is 20.6 Å². The molecule has 0 bridgehead atoms. The summed E-state index contributed by atoms with van der Waals surface area (Å²) in [5.74, 6) is 1.25. The van der Waals surface area contributed by atoms with E-state index in [1.54, 1.807) is 30.5 Å². The predicted octanol–water partition coefficient (Wildman–Crippen LogP) is 4.22. The van der Waals surface area contributed by atoms with Crippen LogP contribution in [0.2, 0.25) is 0 Å². The first-order chi connectivity index (χ1) is 15.1. The van der Waals surface area contributed by atoms with Gasteiger partial charge in [-0.2, -0.15) is 0 Å². The number of amides is 1. The Kier molecular flexibility index (Phi) is 7.48. The first-order valence-corrected chi connectivity index (χ1v) is 10.1. The molecular formula is C24H26N6O. The number of nitrogens with one attached hydrogen (secondary N) is 3. The standard InChI is InChI=1S/C24H26N6O/c1-2-3-6-19(15-25)23-27-14-13-22(30-23)28-16-17-9-11-18(12-10-17)24(31)29-21-8-5-4-7-20(21)26/h2-9,11-15,17,25H,10,16,26H2,1H3,(H,29,31)(H,27,28,30)/b3-2-,19-6+,25-15?. The summed E-state index contributed by atoms with van der Waals surface area (Å²) in [7, 11) is 0. The number of carbonyl (C=O) groups excluding carboxylic acids is 1. The third-order valence-corrected chi connectivity index (χ3v) is 4.74. The Labute approximate surface area is 182 Å². The van der Waals surface area contributed by atoms with Crippen molar-refractivity contribution in [2.24, 2.45) is 5.92 Å². The third kappa shape index (κ3) is 5.99. The second-order valence-corrected chi connectivity index (χ2v) is 6.99. The molecule has 1 aromatic heterocycles. The van der Waals surface area contributed by atoms with E-state index in [0.29, 0.717) is 40.7 Å². The monoisotopic (exact) mass is 414 g/mol. The SMILES string of the molecule is C/C=C\C=C(/C=N)c1nccc(NCC2C=CC(C(=O)Nc3ccccc3N)=CC2)n1. The minimum atomic E-state index is -0.173. The molecule has 2 aromatic rings. The maximum Gasteiger partial charge on any atom is 0.255 e. The molecule has 0 fully saturated rings. The highest BCUT2D eigenvalue weighted by atomic mass is 16.1. The van der Waals surface area contributed by atoms with Gasteiger partial charge in [-0.15, -0.1) is 0 Å². The molecular weight excluding hydrogens is 388 g/mol. The summed E-state index contributed by atoms with van der Waals surface area (Å²) in [6.07, 6.45) is 15.0. The molecule has 1 unspecified atom stereocenters. The molecule has 0 radical (unpaired) electrons. The Balaban J connectivity index is 1.56. The summed E-state index contributed by atoms with van der Waals surface area (Å²) in [5.41, 5.74) is 8.29. The molecule has 7 nitrogen and oxygen atoms in total. The van der Waals surface area contributed by atoms with Crippen LogP contribution in [0, 0.1) is 11.3 Å². The van der Waals surface area contributed by atoms with Crippen LogP contribution in [0.25, 0.3) is 5.57 Å². The van der Waals surface area contributed by atoms with E-state index in [0.717, 1.165) is 6.42 Å². The van der Waals surface area contributed by atoms with Crippen LogP contribution in [-0.4, -0.2) is 28.6 Å². The molecule has 1 amide bonds. The zero-order valence-electron chi connectivity index (χ0n) is 17.4. The van der Waals surface area contributed by atoms with Gasteiger partial charge in [-0.25, -0.2) is 9.97 Å². The summed E-state index contributed by atoms with van der Waals surface area (Å²) >= 11 is 0. The number of nitrogens with two attached hydrogens (primary N) is 1. The number of anilines is 3. The molecule has 5 N–H and O–H groups in total. The van der Waals surface area contributed by atoms with Crippen LogP contribution in [0.1, 0.15) is 19.2 Å². The molecule has 31 heavy (non-hydrogen) atoms.